The smallest absolute Gasteiger partial charge is 0.450 e. The minimum atomic E-state index is -1.25. The molecule has 6 amide bonds. The van der Waals surface area contributed by atoms with Gasteiger partial charge in [-0.05, 0) is 90.1 Å². The van der Waals surface area contributed by atoms with Crippen LogP contribution in [0.3, 0.4) is 0 Å². The molecule has 15 nitrogen and oxygen atoms in total. The van der Waals surface area contributed by atoms with Gasteiger partial charge in [0.25, 0.3) is 0 Å². The summed E-state index contributed by atoms with van der Waals surface area (Å²) in [6, 6.07) is 8.28. The van der Waals surface area contributed by atoms with Crippen LogP contribution in [0, 0.1) is 17.8 Å². The molecule has 0 aromatic heterocycles. The topological polar surface area (TPSA) is 244 Å². The Morgan fingerprint density at radius 3 is 0.879 bits per heavy atom. The highest BCUT2D eigenvalue weighted by Gasteiger charge is 2.51. The number of nitrogens with one attached hydrogen (secondary N) is 3. The van der Waals surface area contributed by atoms with E-state index in [0.29, 0.717) is 19.3 Å². The minimum Gasteiger partial charge on any atom is -0.450 e. The van der Waals surface area contributed by atoms with Gasteiger partial charge < -0.3 is 46.9 Å². The van der Waals surface area contributed by atoms with Gasteiger partial charge in [0, 0.05) is 15.1 Å². The zero-order valence-corrected chi connectivity index (χ0v) is 41.6. The van der Waals surface area contributed by atoms with Gasteiger partial charge in [-0.1, -0.05) is 111 Å². The van der Waals surface area contributed by atoms with Crippen LogP contribution in [0.15, 0.2) is 36.4 Å². The quantitative estimate of drug-likeness (QED) is 0.0624. The number of primary amides is 3. The third-order valence-corrected chi connectivity index (χ3v) is 12.2. The van der Waals surface area contributed by atoms with E-state index < -0.39 is 74.6 Å². The molecule has 3 aromatic rings. The van der Waals surface area contributed by atoms with E-state index in [2.05, 4.69) is 16.0 Å². The second-order valence-electron chi connectivity index (χ2n) is 17.3. The number of hydrogen-bond acceptors (Lipinski definition) is 9. The van der Waals surface area contributed by atoms with E-state index in [4.69, 9.17) is 101 Å². The van der Waals surface area contributed by atoms with Gasteiger partial charge in [-0.3, -0.25) is 28.8 Å². The van der Waals surface area contributed by atoms with E-state index in [-0.39, 0.29) is 101 Å². The van der Waals surface area contributed by atoms with Gasteiger partial charge >= 0.3 is 21.4 Å². The average molecular weight is 1030 g/mol. The Hall–Kier alpha value is -3.71. The first-order valence-corrected chi connectivity index (χ1v) is 23.3. The van der Waals surface area contributed by atoms with E-state index in [0.717, 1.165) is 0 Å². The molecule has 9 N–H and O–H groups in total. The van der Waals surface area contributed by atoms with Crippen molar-refractivity contribution in [1.29, 1.82) is 0 Å². The fraction of sp³-hybridized carbons (Fsp3) is 0.429. The highest BCUT2D eigenvalue weighted by atomic mass is 35.5. The molecule has 24 heteroatoms. The molecule has 3 aromatic carbocycles. The fourth-order valence-electron chi connectivity index (χ4n) is 7.45. The van der Waals surface area contributed by atoms with Crippen LogP contribution in [0.1, 0.15) is 109 Å². The Balaban J connectivity index is 1.75. The Labute approximate surface area is 415 Å². The molecule has 1 heterocycles. The van der Waals surface area contributed by atoms with Crippen LogP contribution in [0.4, 0.5) is 0 Å². The molecule has 0 aliphatic carbocycles. The molecule has 0 unspecified atom stereocenters. The second-order valence-corrected chi connectivity index (χ2v) is 19.8. The number of carbonyl (C=O) groups excluding carboxylic acids is 6. The van der Waals surface area contributed by atoms with Crippen molar-refractivity contribution in [3.05, 3.63) is 99.9 Å². The molecule has 1 saturated heterocycles. The van der Waals surface area contributed by atoms with Crippen molar-refractivity contribution < 1.29 is 42.5 Å². The van der Waals surface area contributed by atoms with Crippen LogP contribution in [0.5, 0.6) is 0 Å². The van der Waals surface area contributed by atoms with Gasteiger partial charge in [0.05, 0.1) is 68.8 Å². The number of amides is 6. The lowest BCUT2D eigenvalue weighted by Gasteiger charge is -2.41. The van der Waals surface area contributed by atoms with E-state index in [1.54, 1.807) is 0 Å². The third-order valence-electron chi connectivity index (χ3n) is 10.2. The predicted octanol–water partition coefficient (Wildman–Crippen LogP) is 6.67. The van der Waals surface area contributed by atoms with Crippen molar-refractivity contribution >= 4 is 126 Å². The van der Waals surface area contributed by atoms with Crippen molar-refractivity contribution in [2.75, 3.05) is 0 Å². The Morgan fingerprint density at radius 2 is 0.682 bits per heavy atom. The first-order valence-electron chi connectivity index (χ1n) is 21.0. The second kappa shape index (κ2) is 24.5. The largest absolute Gasteiger partial charge is 0.453 e. The maximum atomic E-state index is 13.9. The Bertz CT molecular complexity index is 2070. The summed E-state index contributed by atoms with van der Waals surface area (Å²) in [4.78, 5) is 78.0. The molecular formula is C42H51B3Cl6N6O9. The number of nitrogens with two attached hydrogens (primary N) is 3. The minimum absolute atomic E-state index is 0.0319. The summed E-state index contributed by atoms with van der Waals surface area (Å²) in [7, 11) is -3.76. The Morgan fingerprint density at radius 1 is 0.455 bits per heavy atom. The van der Waals surface area contributed by atoms with Crippen LogP contribution in [0.2, 0.25) is 30.1 Å². The summed E-state index contributed by atoms with van der Waals surface area (Å²) in [5.74, 6) is -6.84. The molecule has 66 heavy (non-hydrogen) atoms. The van der Waals surface area contributed by atoms with Crippen molar-refractivity contribution in [1.82, 2.24) is 16.0 Å². The number of carbonyl (C=O) groups is 6. The third kappa shape index (κ3) is 15.7. The standard InChI is InChI=1S/C42H51B3Cl6N6O9/c1-19(2)7-31(55-34(58)13-22-10-25(46)16-28(37(22)49)40(52)61)43-64-44(32(8-20(3)4)56-35(59)14-23-11-26(47)17-29(38(23)50)41(53)62)66-45(65-43)33(9-21(5)6)57-36(60)15-24-12-27(48)18-30(39(24)51)42(54)63/h10-12,16-21,31-33H,7-9,13-15H2,1-6H3,(H2,52,61)(H2,53,62)(H2,54,63)(H,55,58)(H,56,59)(H,57,60)/t31-,32-,33-/m0/s1. The average Bonchev–Trinajstić information content (AvgIpc) is 3.19. The molecule has 4 rings (SSSR count). The zero-order valence-electron chi connectivity index (χ0n) is 37.1. The number of halogens is 6. The number of hydrogen-bond donors (Lipinski definition) is 6. The van der Waals surface area contributed by atoms with Crippen LogP contribution in [-0.2, 0) is 47.4 Å². The van der Waals surface area contributed by atoms with Gasteiger partial charge in [-0.2, -0.15) is 0 Å². The van der Waals surface area contributed by atoms with E-state index >= 15 is 0 Å². The molecule has 1 aliphatic rings. The molecule has 0 bridgehead atoms. The summed E-state index contributed by atoms with van der Waals surface area (Å²) < 4.78 is 19.7. The molecule has 3 atom stereocenters. The highest BCUT2D eigenvalue weighted by molar-refractivity contribution is 6.75. The summed E-state index contributed by atoms with van der Waals surface area (Å²) in [5.41, 5.74) is 17.1. The van der Waals surface area contributed by atoms with Crippen molar-refractivity contribution in [2.24, 2.45) is 35.0 Å². The molecule has 0 saturated carbocycles. The van der Waals surface area contributed by atoms with E-state index in [1.807, 2.05) is 41.5 Å². The monoisotopic (exact) mass is 1030 g/mol. The zero-order chi connectivity index (χ0) is 49.3. The molecule has 1 fully saturated rings. The van der Waals surface area contributed by atoms with Gasteiger partial charge in [0.15, 0.2) is 0 Å². The van der Waals surface area contributed by atoms with Crippen molar-refractivity contribution in [3.63, 3.8) is 0 Å². The van der Waals surface area contributed by atoms with Gasteiger partial charge in [-0.15, -0.1) is 0 Å². The first-order chi connectivity index (χ1) is 30.8. The summed E-state index contributed by atoms with van der Waals surface area (Å²) in [6.07, 6.45) is -0.0165. The van der Waals surface area contributed by atoms with Gasteiger partial charge in [-0.25, -0.2) is 0 Å². The maximum Gasteiger partial charge on any atom is 0.453 e. The van der Waals surface area contributed by atoms with Crippen LogP contribution >= 0.6 is 69.6 Å². The maximum absolute atomic E-state index is 13.9. The molecule has 354 valence electrons. The molecular weight excluding hydrogens is 978 g/mol. The molecule has 1 aliphatic heterocycles. The lowest BCUT2D eigenvalue weighted by Crippen LogP contribution is -2.67. The highest BCUT2D eigenvalue weighted by Crippen LogP contribution is 2.30. The lowest BCUT2D eigenvalue weighted by atomic mass is 9.58. The predicted molar refractivity (Wildman–Crippen MR) is 261 cm³/mol. The van der Waals surface area contributed by atoms with Gasteiger partial charge in [0.2, 0.25) is 35.4 Å². The summed E-state index contributed by atoms with van der Waals surface area (Å²) in [5, 5.41) is 9.32. The molecule has 0 radical (unpaired) electrons. The summed E-state index contributed by atoms with van der Waals surface area (Å²) >= 11 is 38.3. The Kier molecular flexibility index (Phi) is 20.4. The van der Waals surface area contributed by atoms with Crippen LogP contribution in [-0.4, -0.2) is 74.6 Å². The van der Waals surface area contributed by atoms with Crippen molar-refractivity contribution in [3.8, 4) is 0 Å². The van der Waals surface area contributed by atoms with Gasteiger partial charge in [0.1, 0.15) is 0 Å². The lowest BCUT2D eigenvalue weighted by molar-refractivity contribution is -0.121. The van der Waals surface area contributed by atoms with Crippen LogP contribution < -0.4 is 33.2 Å². The number of benzene rings is 3. The van der Waals surface area contributed by atoms with Crippen molar-refractivity contribution in [2.45, 2.75) is 97.9 Å². The normalized spacial score (nSPS) is 14.3. The van der Waals surface area contributed by atoms with Crippen LogP contribution in [0.25, 0.3) is 0 Å². The first kappa shape index (κ1) is 54.9. The summed E-state index contributed by atoms with van der Waals surface area (Å²) in [6.45, 7) is 11.6. The fourth-order valence-corrected chi connectivity index (χ4v) is 8.98. The number of rotatable bonds is 21. The molecule has 0 spiro atoms. The van der Waals surface area contributed by atoms with E-state index in [1.165, 1.54) is 36.4 Å². The SMILES string of the molecule is CC(C)C[C@H](NC(=O)Cc1cc(Cl)cc(C(N)=O)c1Cl)B1OB([C@H](CC(C)C)NC(=O)Cc2cc(Cl)cc(C(N)=O)c2Cl)OB([C@H](CC(C)C)NC(=O)Cc2cc(Cl)cc(C(N)=O)c2Cl)O1. The van der Waals surface area contributed by atoms with E-state index in [9.17, 15) is 28.8 Å².